The topological polar surface area (TPSA) is 69.4 Å². The van der Waals surface area contributed by atoms with Crippen molar-refractivity contribution in [3.05, 3.63) is 77.9 Å². The lowest BCUT2D eigenvalue weighted by molar-refractivity contribution is 0.0476. The summed E-state index contributed by atoms with van der Waals surface area (Å²) in [7, 11) is 0. The summed E-state index contributed by atoms with van der Waals surface area (Å²) in [5, 5.41) is 1.81. The number of ether oxygens (including phenoxy) is 1. The summed E-state index contributed by atoms with van der Waals surface area (Å²) in [4.78, 5) is 24.4. The average Bonchev–Trinajstić information content (AvgIpc) is 2.59. The number of benzene rings is 3. The van der Waals surface area contributed by atoms with Gasteiger partial charge in [0, 0.05) is 11.3 Å². The third kappa shape index (κ3) is 3.06. The van der Waals surface area contributed by atoms with Gasteiger partial charge in [0.15, 0.2) is 6.61 Å². The predicted molar refractivity (Wildman–Crippen MR) is 89.4 cm³/mol. The highest BCUT2D eigenvalue weighted by atomic mass is 16.5. The summed E-state index contributed by atoms with van der Waals surface area (Å²) in [6.07, 6.45) is 0. The zero-order valence-corrected chi connectivity index (χ0v) is 12.4. The first kappa shape index (κ1) is 14.8. The minimum Gasteiger partial charge on any atom is -0.454 e. The fourth-order valence-corrected chi connectivity index (χ4v) is 2.44. The molecule has 0 unspecified atom stereocenters. The van der Waals surface area contributed by atoms with E-state index < -0.39 is 5.97 Å². The van der Waals surface area contributed by atoms with Gasteiger partial charge in [-0.25, -0.2) is 4.79 Å². The van der Waals surface area contributed by atoms with Crippen LogP contribution in [0.3, 0.4) is 0 Å². The molecule has 3 aromatic carbocycles. The molecule has 4 nitrogen and oxygen atoms in total. The van der Waals surface area contributed by atoms with E-state index in [1.165, 1.54) is 0 Å². The van der Waals surface area contributed by atoms with Crippen LogP contribution in [-0.4, -0.2) is 18.4 Å². The summed E-state index contributed by atoms with van der Waals surface area (Å²) >= 11 is 0. The molecule has 0 fully saturated rings. The van der Waals surface area contributed by atoms with Gasteiger partial charge in [-0.15, -0.1) is 0 Å². The van der Waals surface area contributed by atoms with Crippen molar-refractivity contribution in [3.8, 4) is 0 Å². The zero-order valence-electron chi connectivity index (χ0n) is 12.4. The zero-order chi connectivity index (χ0) is 16.2. The molecule has 0 heterocycles. The van der Waals surface area contributed by atoms with Crippen molar-refractivity contribution in [2.75, 3.05) is 12.3 Å². The van der Waals surface area contributed by atoms with Gasteiger partial charge >= 0.3 is 5.97 Å². The molecule has 0 radical (unpaired) electrons. The van der Waals surface area contributed by atoms with Crippen LogP contribution in [0.1, 0.15) is 20.7 Å². The number of esters is 1. The van der Waals surface area contributed by atoms with Crippen molar-refractivity contribution in [1.29, 1.82) is 0 Å². The second-order valence-corrected chi connectivity index (χ2v) is 5.11. The monoisotopic (exact) mass is 305 g/mol. The largest absolute Gasteiger partial charge is 0.454 e. The van der Waals surface area contributed by atoms with Gasteiger partial charge in [0.1, 0.15) is 0 Å². The Morgan fingerprint density at radius 2 is 1.48 bits per heavy atom. The Labute approximate surface area is 133 Å². The molecule has 0 bridgehead atoms. The van der Waals surface area contributed by atoms with Gasteiger partial charge < -0.3 is 10.5 Å². The molecule has 2 N–H and O–H groups in total. The number of Topliss-reactive ketones (excluding diaryl/α,β-unsaturated/α-hetero) is 1. The van der Waals surface area contributed by atoms with Gasteiger partial charge in [0.25, 0.3) is 0 Å². The first-order valence-electron chi connectivity index (χ1n) is 7.19. The third-order valence-electron chi connectivity index (χ3n) is 3.61. The summed E-state index contributed by atoms with van der Waals surface area (Å²) in [6, 6.07) is 19.7. The molecule has 3 aromatic rings. The number of carbonyl (C=O) groups is 2. The van der Waals surface area contributed by atoms with E-state index in [9.17, 15) is 9.59 Å². The van der Waals surface area contributed by atoms with Crippen LogP contribution in [0.5, 0.6) is 0 Å². The lowest BCUT2D eigenvalue weighted by Crippen LogP contribution is -2.15. The average molecular weight is 305 g/mol. The van der Waals surface area contributed by atoms with Crippen molar-refractivity contribution in [3.63, 3.8) is 0 Å². The minimum atomic E-state index is -0.600. The van der Waals surface area contributed by atoms with Gasteiger partial charge in [-0.1, -0.05) is 54.6 Å². The highest BCUT2D eigenvalue weighted by molar-refractivity contribution is 6.09. The van der Waals surface area contributed by atoms with E-state index in [4.69, 9.17) is 10.5 Å². The Bertz CT molecular complexity index is 881. The molecule has 0 spiro atoms. The number of ketones is 1. The molecular weight excluding hydrogens is 290 g/mol. The maximum absolute atomic E-state index is 12.4. The molecule has 4 heteroatoms. The molecule has 0 aromatic heterocycles. The second kappa shape index (κ2) is 6.32. The Kier molecular flexibility index (Phi) is 4.06. The highest BCUT2D eigenvalue weighted by Crippen LogP contribution is 2.19. The van der Waals surface area contributed by atoms with E-state index in [1.54, 1.807) is 30.3 Å². The molecule has 0 aliphatic rings. The van der Waals surface area contributed by atoms with Crippen LogP contribution in [-0.2, 0) is 4.74 Å². The number of rotatable bonds is 4. The summed E-state index contributed by atoms with van der Waals surface area (Å²) in [5.74, 6) is -0.846. The lowest BCUT2D eigenvalue weighted by Gasteiger charge is -2.08. The maximum atomic E-state index is 12.4. The molecule has 0 saturated carbocycles. The number of anilines is 1. The summed E-state index contributed by atoms with van der Waals surface area (Å²) in [6.45, 7) is -0.318. The van der Waals surface area contributed by atoms with Crippen molar-refractivity contribution in [1.82, 2.24) is 0 Å². The Hall–Kier alpha value is -3.14. The standard InChI is InChI=1S/C19H15NO3/c20-17-11-4-3-9-16(17)19(22)23-12-18(21)15-10-5-7-13-6-1-2-8-14(13)15/h1-11H,12,20H2. The Morgan fingerprint density at radius 1 is 0.826 bits per heavy atom. The molecule has 114 valence electrons. The van der Waals surface area contributed by atoms with Crippen LogP contribution in [0.4, 0.5) is 5.69 Å². The number of nitrogens with two attached hydrogens (primary N) is 1. The molecule has 23 heavy (non-hydrogen) atoms. The van der Waals surface area contributed by atoms with Crippen LogP contribution in [0.2, 0.25) is 0 Å². The molecule has 3 rings (SSSR count). The fraction of sp³-hybridized carbons (Fsp3) is 0.0526. The number of fused-ring (bicyclic) bond motifs is 1. The first-order valence-corrected chi connectivity index (χ1v) is 7.19. The number of para-hydroxylation sites is 1. The van der Waals surface area contributed by atoms with Crippen LogP contribution < -0.4 is 5.73 Å². The number of carbonyl (C=O) groups excluding carboxylic acids is 2. The smallest absolute Gasteiger partial charge is 0.340 e. The molecule has 0 saturated heterocycles. The SMILES string of the molecule is Nc1ccccc1C(=O)OCC(=O)c1cccc2ccccc12. The van der Waals surface area contributed by atoms with Crippen LogP contribution in [0.15, 0.2) is 66.7 Å². The first-order chi connectivity index (χ1) is 11.2. The maximum Gasteiger partial charge on any atom is 0.340 e. The van der Waals surface area contributed by atoms with Crippen molar-refractivity contribution < 1.29 is 14.3 Å². The normalized spacial score (nSPS) is 10.4. The number of nitrogen functional groups attached to an aromatic ring is 1. The Balaban J connectivity index is 1.77. The van der Waals surface area contributed by atoms with E-state index in [0.29, 0.717) is 11.3 Å². The van der Waals surface area contributed by atoms with Crippen LogP contribution in [0, 0.1) is 0 Å². The van der Waals surface area contributed by atoms with Gasteiger partial charge in [-0.05, 0) is 22.9 Å². The molecule has 0 aliphatic carbocycles. The summed E-state index contributed by atoms with van der Waals surface area (Å²) < 4.78 is 5.11. The van der Waals surface area contributed by atoms with E-state index in [0.717, 1.165) is 10.8 Å². The van der Waals surface area contributed by atoms with E-state index in [2.05, 4.69) is 0 Å². The number of hydrogen-bond donors (Lipinski definition) is 1. The van der Waals surface area contributed by atoms with Crippen molar-refractivity contribution in [2.45, 2.75) is 0 Å². The minimum absolute atomic E-state index is 0.246. The Morgan fingerprint density at radius 3 is 2.30 bits per heavy atom. The van der Waals surface area contributed by atoms with Gasteiger partial charge in [-0.3, -0.25) is 4.79 Å². The van der Waals surface area contributed by atoms with Crippen molar-refractivity contribution >= 4 is 28.2 Å². The van der Waals surface area contributed by atoms with Crippen LogP contribution in [0.25, 0.3) is 10.8 Å². The quantitative estimate of drug-likeness (QED) is 0.455. The second-order valence-electron chi connectivity index (χ2n) is 5.11. The molecular formula is C19H15NO3. The van der Waals surface area contributed by atoms with Gasteiger partial charge in [-0.2, -0.15) is 0 Å². The van der Waals surface area contributed by atoms with E-state index in [1.807, 2.05) is 36.4 Å². The van der Waals surface area contributed by atoms with Crippen LogP contribution >= 0.6 is 0 Å². The van der Waals surface area contributed by atoms with Gasteiger partial charge in [0.05, 0.1) is 5.56 Å². The highest BCUT2D eigenvalue weighted by Gasteiger charge is 2.15. The van der Waals surface area contributed by atoms with Gasteiger partial charge in [0.2, 0.25) is 5.78 Å². The summed E-state index contributed by atoms with van der Waals surface area (Å²) in [5.41, 5.74) is 6.86. The lowest BCUT2D eigenvalue weighted by atomic mass is 10.0. The molecule has 0 atom stereocenters. The number of hydrogen-bond acceptors (Lipinski definition) is 4. The fourth-order valence-electron chi connectivity index (χ4n) is 2.44. The van der Waals surface area contributed by atoms with E-state index >= 15 is 0 Å². The van der Waals surface area contributed by atoms with Crippen molar-refractivity contribution in [2.24, 2.45) is 0 Å². The predicted octanol–water partition coefficient (Wildman–Crippen LogP) is 3.46. The van der Waals surface area contributed by atoms with E-state index in [-0.39, 0.29) is 18.0 Å². The molecule has 0 amide bonds. The molecule has 0 aliphatic heterocycles. The third-order valence-corrected chi connectivity index (χ3v) is 3.61.